The monoisotopic (exact) mass is 238 g/mol. The molecule has 0 saturated heterocycles. The Morgan fingerprint density at radius 1 is 1.44 bits per heavy atom. The van der Waals surface area contributed by atoms with Crippen molar-refractivity contribution < 1.29 is 19.4 Å². The molecule has 0 spiro atoms. The summed E-state index contributed by atoms with van der Waals surface area (Å²) in [4.78, 5) is 22.4. The first-order valence-electron chi connectivity index (χ1n) is 4.47. The van der Waals surface area contributed by atoms with Crippen LogP contribution in [0.3, 0.4) is 0 Å². The Morgan fingerprint density at radius 2 is 2.12 bits per heavy atom. The smallest absolute Gasteiger partial charge is 0.351 e. The van der Waals surface area contributed by atoms with Crippen LogP contribution in [0.15, 0.2) is 29.0 Å². The van der Waals surface area contributed by atoms with E-state index in [2.05, 4.69) is 0 Å². The second-order valence-corrected chi connectivity index (χ2v) is 3.76. The van der Waals surface area contributed by atoms with Gasteiger partial charge in [0.1, 0.15) is 5.75 Å². The quantitative estimate of drug-likeness (QED) is 0.761. The zero-order chi connectivity index (χ0) is 11.9. The van der Waals surface area contributed by atoms with Gasteiger partial charge in [0.2, 0.25) is 11.5 Å². The standard InChI is InChI=1S/C11H7ClO4/c1-5-2-3-6-7(4-5)16-10(9(6)13)8(12)11(14)15/h2-4H,1H3,(H,14,15). The van der Waals surface area contributed by atoms with Gasteiger partial charge in [-0.05, 0) is 24.6 Å². The van der Waals surface area contributed by atoms with E-state index in [1.54, 1.807) is 18.2 Å². The first kappa shape index (κ1) is 10.7. The molecule has 1 aliphatic heterocycles. The maximum absolute atomic E-state index is 11.7. The molecule has 4 nitrogen and oxygen atoms in total. The minimum Gasteiger partial charge on any atom is -0.477 e. The van der Waals surface area contributed by atoms with E-state index in [1.165, 1.54) is 0 Å². The molecule has 0 amide bonds. The van der Waals surface area contributed by atoms with Gasteiger partial charge in [0.15, 0.2) is 5.03 Å². The van der Waals surface area contributed by atoms with E-state index in [0.717, 1.165) is 5.56 Å². The molecule has 82 valence electrons. The molecule has 0 aromatic heterocycles. The van der Waals surface area contributed by atoms with E-state index in [-0.39, 0.29) is 5.76 Å². The van der Waals surface area contributed by atoms with Gasteiger partial charge in [-0.15, -0.1) is 0 Å². The Balaban J connectivity index is 2.53. The van der Waals surface area contributed by atoms with Gasteiger partial charge >= 0.3 is 5.97 Å². The molecule has 16 heavy (non-hydrogen) atoms. The summed E-state index contributed by atoms with van der Waals surface area (Å²) >= 11 is 5.48. The summed E-state index contributed by atoms with van der Waals surface area (Å²) in [7, 11) is 0. The first-order chi connectivity index (χ1) is 7.50. The van der Waals surface area contributed by atoms with E-state index >= 15 is 0 Å². The van der Waals surface area contributed by atoms with Crippen LogP contribution in [0, 0.1) is 6.92 Å². The average molecular weight is 239 g/mol. The number of rotatable bonds is 1. The minimum atomic E-state index is -1.38. The number of ether oxygens (including phenoxy) is 1. The highest BCUT2D eigenvalue weighted by atomic mass is 35.5. The lowest BCUT2D eigenvalue weighted by atomic mass is 10.1. The number of benzene rings is 1. The summed E-state index contributed by atoms with van der Waals surface area (Å²) in [6, 6.07) is 5.00. The molecule has 1 N–H and O–H groups in total. The summed E-state index contributed by atoms with van der Waals surface area (Å²) in [5, 5.41) is 8.07. The van der Waals surface area contributed by atoms with Crippen molar-refractivity contribution in [2.24, 2.45) is 0 Å². The van der Waals surface area contributed by atoms with Gasteiger partial charge < -0.3 is 9.84 Å². The van der Waals surface area contributed by atoms with E-state index in [4.69, 9.17) is 21.4 Å². The fourth-order valence-electron chi connectivity index (χ4n) is 1.42. The van der Waals surface area contributed by atoms with Gasteiger partial charge in [-0.25, -0.2) is 4.79 Å². The Kier molecular flexibility index (Phi) is 2.44. The number of Topliss-reactive ketones (excluding diaryl/α,β-unsaturated/α-hetero) is 1. The van der Waals surface area contributed by atoms with Crippen molar-refractivity contribution in [3.8, 4) is 5.75 Å². The van der Waals surface area contributed by atoms with Crippen LogP contribution in [0.5, 0.6) is 5.75 Å². The molecule has 0 aliphatic carbocycles. The molecular weight excluding hydrogens is 232 g/mol. The summed E-state index contributed by atoms with van der Waals surface area (Å²) in [6.45, 7) is 1.84. The Bertz CT molecular complexity index is 531. The summed E-state index contributed by atoms with van der Waals surface area (Å²) < 4.78 is 5.14. The van der Waals surface area contributed by atoms with Crippen LogP contribution in [0.2, 0.25) is 0 Å². The van der Waals surface area contributed by atoms with Crippen molar-refractivity contribution >= 4 is 23.4 Å². The van der Waals surface area contributed by atoms with Crippen LogP contribution < -0.4 is 4.74 Å². The molecular formula is C11H7ClO4. The Morgan fingerprint density at radius 3 is 2.75 bits per heavy atom. The number of aryl methyl sites for hydroxylation is 1. The van der Waals surface area contributed by atoms with Crippen molar-refractivity contribution in [1.29, 1.82) is 0 Å². The van der Waals surface area contributed by atoms with E-state index < -0.39 is 16.8 Å². The van der Waals surface area contributed by atoms with Crippen LogP contribution in [-0.2, 0) is 4.79 Å². The number of allylic oxidation sites excluding steroid dienone is 1. The number of ketones is 1. The number of carbonyl (C=O) groups is 2. The molecule has 0 bridgehead atoms. The summed E-state index contributed by atoms with van der Waals surface area (Å²) in [6.07, 6.45) is 0. The Labute approximate surface area is 96.1 Å². The Hall–Kier alpha value is -1.81. The summed E-state index contributed by atoms with van der Waals surface area (Å²) in [5.41, 5.74) is 1.25. The highest BCUT2D eigenvalue weighted by Crippen LogP contribution is 2.33. The molecule has 0 saturated carbocycles. The minimum absolute atomic E-state index is 0.324. The lowest BCUT2D eigenvalue weighted by molar-refractivity contribution is -0.132. The predicted molar refractivity (Wildman–Crippen MR) is 56.7 cm³/mol. The number of carboxylic acid groups (broad SMARTS) is 1. The van der Waals surface area contributed by atoms with Crippen LogP contribution in [0.25, 0.3) is 0 Å². The third-order valence-corrected chi connectivity index (χ3v) is 2.52. The number of fused-ring (bicyclic) bond motifs is 1. The number of carboxylic acids is 1. The number of carbonyl (C=O) groups excluding carboxylic acids is 1. The van der Waals surface area contributed by atoms with Gasteiger partial charge in [-0.1, -0.05) is 17.7 Å². The van der Waals surface area contributed by atoms with Crippen molar-refractivity contribution in [2.75, 3.05) is 0 Å². The third-order valence-electron chi connectivity index (χ3n) is 2.19. The van der Waals surface area contributed by atoms with Crippen molar-refractivity contribution in [1.82, 2.24) is 0 Å². The second-order valence-electron chi connectivity index (χ2n) is 3.38. The fourth-order valence-corrected chi connectivity index (χ4v) is 1.55. The van der Waals surface area contributed by atoms with E-state index in [1.807, 2.05) is 6.92 Å². The van der Waals surface area contributed by atoms with Gasteiger partial charge in [-0.2, -0.15) is 0 Å². The summed E-state index contributed by atoms with van der Waals surface area (Å²) in [5.74, 6) is -1.86. The predicted octanol–water partition coefficient (Wildman–Crippen LogP) is 2.11. The normalized spacial score (nSPS) is 16.8. The van der Waals surface area contributed by atoms with Crippen molar-refractivity contribution in [3.63, 3.8) is 0 Å². The molecule has 2 rings (SSSR count). The van der Waals surface area contributed by atoms with Gasteiger partial charge in [0.05, 0.1) is 5.56 Å². The SMILES string of the molecule is Cc1ccc2c(c1)OC(=C(Cl)C(=O)O)C2=O. The highest BCUT2D eigenvalue weighted by Gasteiger charge is 2.31. The maximum atomic E-state index is 11.7. The van der Waals surface area contributed by atoms with E-state index in [0.29, 0.717) is 11.3 Å². The van der Waals surface area contributed by atoms with Crippen LogP contribution in [-0.4, -0.2) is 16.9 Å². The number of aliphatic carboxylic acids is 1. The van der Waals surface area contributed by atoms with Gasteiger partial charge in [-0.3, -0.25) is 4.79 Å². The van der Waals surface area contributed by atoms with Crippen molar-refractivity contribution in [3.05, 3.63) is 40.1 Å². The van der Waals surface area contributed by atoms with Crippen LogP contribution in [0.1, 0.15) is 15.9 Å². The molecule has 1 aromatic rings. The first-order valence-corrected chi connectivity index (χ1v) is 4.85. The van der Waals surface area contributed by atoms with Crippen LogP contribution >= 0.6 is 11.6 Å². The number of hydrogen-bond acceptors (Lipinski definition) is 3. The molecule has 5 heteroatoms. The highest BCUT2D eigenvalue weighted by molar-refractivity contribution is 6.43. The zero-order valence-electron chi connectivity index (χ0n) is 8.28. The molecule has 0 fully saturated rings. The molecule has 1 aliphatic rings. The maximum Gasteiger partial charge on any atom is 0.351 e. The largest absolute Gasteiger partial charge is 0.477 e. The number of hydrogen-bond donors (Lipinski definition) is 1. The topological polar surface area (TPSA) is 63.6 Å². The molecule has 1 aromatic carbocycles. The molecule has 0 atom stereocenters. The molecule has 1 heterocycles. The van der Waals surface area contributed by atoms with Crippen molar-refractivity contribution in [2.45, 2.75) is 6.92 Å². The fraction of sp³-hybridized carbons (Fsp3) is 0.0909. The van der Waals surface area contributed by atoms with Gasteiger partial charge in [0, 0.05) is 0 Å². The lowest BCUT2D eigenvalue weighted by Crippen LogP contribution is -2.07. The molecule has 0 radical (unpaired) electrons. The van der Waals surface area contributed by atoms with Gasteiger partial charge in [0.25, 0.3) is 0 Å². The number of halogens is 1. The zero-order valence-corrected chi connectivity index (χ0v) is 9.04. The molecule has 0 unspecified atom stereocenters. The van der Waals surface area contributed by atoms with Crippen LogP contribution in [0.4, 0.5) is 0 Å². The average Bonchev–Trinajstić information content (AvgIpc) is 2.54. The third kappa shape index (κ3) is 1.57. The lowest BCUT2D eigenvalue weighted by Gasteiger charge is -1.99. The van der Waals surface area contributed by atoms with E-state index in [9.17, 15) is 9.59 Å². The second kappa shape index (κ2) is 3.64.